The lowest BCUT2D eigenvalue weighted by Gasteiger charge is -2.42. The molecular weight excluding hydrogens is 933 g/mol. The molecule has 0 spiro atoms. The number of hydrogen-bond donors (Lipinski definition) is 7. The summed E-state index contributed by atoms with van der Waals surface area (Å²) < 4.78 is 34.3. The monoisotopic (exact) mass is 1030 g/mol. The number of esters is 1. The van der Waals surface area contributed by atoms with Crippen LogP contribution in [0.5, 0.6) is 0 Å². The fourth-order valence-corrected chi connectivity index (χ4v) is 8.66. The number of aliphatic hydroxyl groups excluding tert-OH is 7. The van der Waals surface area contributed by atoms with E-state index < -0.39 is 86.7 Å². The van der Waals surface area contributed by atoms with Crippen LogP contribution in [0, 0.1) is 0 Å². The lowest BCUT2D eigenvalue weighted by atomic mass is 9.98. The highest BCUT2D eigenvalue weighted by Crippen LogP contribution is 2.26. The second-order valence-corrected chi connectivity index (χ2v) is 19.7. The van der Waals surface area contributed by atoms with Crippen molar-refractivity contribution in [2.75, 3.05) is 33.0 Å². The van der Waals surface area contributed by atoms with Gasteiger partial charge in [0.25, 0.3) is 0 Å². The lowest BCUT2D eigenvalue weighted by Crippen LogP contribution is -2.61. The van der Waals surface area contributed by atoms with Crippen LogP contribution in [0.2, 0.25) is 0 Å². The highest BCUT2D eigenvalue weighted by molar-refractivity contribution is 5.69. The standard InChI is InChI=1S/C59H102O14/c1-3-5-7-9-11-13-15-17-19-21-23-25-27-29-31-33-35-37-39-41-43-68-45-48(71-51(61)42-40-38-36-34-32-30-28-26-24-22-20-18-16-14-12-10-8-6-4-2)46-69-58-57(67)55(65)53(63)50(73-58)47-70-59-56(66)54(64)52(62)49(44-60)72-59/h6,8,12,14,18,20,24,26,30,32,36,38,48-50,52-60,62-67H,3-5,7,9-11,13,15-17,19,21-23,25,27-29,31,33-35,37,39-47H2,1-2H3/b8-6-,14-12-,20-18-,26-24-,32-30-,38-36-. The average Bonchev–Trinajstić information content (AvgIpc) is 3.39. The Morgan fingerprint density at radius 2 is 0.863 bits per heavy atom. The molecular formula is C59H102O14. The summed E-state index contributed by atoms with van der Waals surface area (Å²) in [5.41, 5.74) is 0. The molecule has 2 saturated heterocycles. The smallest absolute Gasteiger partial charge is 0.306 e. The second-order valence-electron chi connectivity index (χ2n) is 19.7. The van der Waals surface area contributed by atoms with Crippen LogP contribution in [0.25, 0.3) is 0 Å². The van der Waals surface area contributed by atoms with Crippen LogP contribution in [0.4, 0.5) is 0 Å². The summed E-state index contributed by atoms with van der Waals surface area (Å²) in [6.07, 6.45) is 41.2. The van der Waals surface area contributed by atoms with Crippen LogP contribution >= 0.6 is 0 Å². The summed E-state index contributed by atoms with van der Waals surface area (Å²) in [6, 6.07) is 0. The molecule has 73 heavy (non-hydrogen) atoms. The van der Waals surface area contributed by atoms with Crippen LogP contribution in [-0.4, -0.2) is 142 Å². The molecule has 2 aliphatic heterocycles. The third kappa shape index (κ3) is 32.6. The van der Waals surface area contributed by atoms with Gasteiger partial charge in [-0.1, -0.05) is 209 Å². The van der Waals surface area contributed by atoms with E-state index in [4.69, 9.17) is 28.4 Å². The number of carbonyl (C=O) groups excluding carboxylic acids is 1. The minimum atomic E-state index is -1.72. The molecule has 14 nitrogen and oxygen atoms in total. The third-order valence-corrected chi connectivity index (χ3v) is 13.2. The highest BCUT2D eigenvalue weighted by Gasteiger charge is 2.47. The van der Waals surface area contributed by atoms with Crippen molar-refractivity contribution in [3.8, 4) is 0 Å². The van der Waals surface area contributed by atoms with Gasteiger partial charge in [-0.3, -0.25) is 4.79 Å². The van der Waals surface area contributed by atoms with Crippen molar-refractivity contribution >= 4 is 5.97 Å². The van der Waals surface area contributed by atoms with Crippen molar-refractivity contribution in [1.82, 2.24) is 0 Å². The van der Waals surface area contributed by atoms with E-state index in [1.807, 2.05) is 12.2 Å². The molecule has 2 heterocycles. The Labute approximate surface area is 440 Å². The van der Waals surface area contributed by atoms with Crippen LogP contribution in [0.1, 0.15) is 194 Å². The Morgan fingerprint density at radius 1 is 0.466 bits per heavy atom. The maximum absolute atomic E-state index is 13.0. The summed E-state index contributed by atoms with van der Waals surface area (Å²) >= 11 is 0. The van der Waals surface area contributed by atoms with Crippen molar-refractivity contribution in [2.24, 2.45) is 0 Å². The van der Waals surface area contributed by atoms with E-state index in [9.17, 15) is 40.5 Å². The molecule has 0 aromatic carbocycles. The first kappa shape index (κ1) is 66.5. The van der Waals surface area contributed by atoms with E-state index in [1.54, 1.807) is 0 Å². The fourth-order valence-electron chi connectivity index (χ4n) is 8.66. The molecule has 11 unspecified atom stereocenters. The summed E-state index contributed by atoms with van der Waals surface area (Å²) in [5, 5.41) is 72.3. The van der Waals surface area contributed by atoms with Crippen LogP contribution in [-0.2, 0) is 33.2 Å². The van der Waals surface area contributed by atoms with Crippen molar-refractivity contribution in [2.45, 2.75) is 261 Å². The normalized spacial score (nSPS) is 25.5. The zero-order chi connectivity index (χ0) is 53.0. The molecule has 14 heteroatoms. The Hall–Kier alpha value is -2.57. The van der Waals surface area contributed by atoms with E-state index >= 15 is 0 Å². The Morgan fingerprint density at radius 3 is 1.32 bits per heavy atom. The summed E-state index contributed by atoms with van der Waals surface area (Å²) in [5.74, 6) is -0.457. The maximum Gasteiger partial charge on any atom is 0.306 e. The molecule has 0 saturated carbocycles. The zero-order valence-electron chi connectivity index (χ0n) is 45.1. The van der Waals surface area contributed by atoms with Crippen LogP contribution < -0.4 is 0 Å². The molecule has 422 valence electrons. The number of unbranched alkanes of at least 4 members (excludes halogenated alkanes) is 19. The van der Waals surface area contributed by atoms with Crippen molar-refractivity contribution in [3.63, 3.8) is 0 Å². The molecule has 0 aromatic rings. The minimum absolute atomic E-state index is 0.0302. The topological polar surface area (TPSA) is 214 Å². The number of aliphatic hydroxyl groups is 7. The predicted molar refractivity (Wildman–Crippen MR) is 289 cm³/mol. The Kier molecular flexibility index (Phi) is 41.6. The van der Waals surface area contributed by atoms with Gasteiger partial charge in [-0.2, -0.15) is 0 Å². The largest absolute Gasteiger partial charge is 0.457 e. The molecule has 7 N–H and O–H groups in total. The van der Waals surface area contributed by atoms with E-state index in [0.29, 0.717) is 13.0 Å². The summed E-state index contributed by atoms with van der Waals surface area (Å²) in [6.45, 7) is 3.49. The van der Waals surface area contributed by atoms with Gasteiger partial charge in [-0.25, -0.2) is 0 Å². The van der Waals surface area contributed by atoms with Gasteiger partial charge >= 0.3 is 5.97 Å². The molecule has 0 aromatic heterocycles. The lowest BCUT2D eigenvalue weighted by molar-refractivity contribution is -0.332. The van der Waals surface area contributed by atoms with Gasteiger partial charge in [0.2, 0.25) is 0 Å². The van der Waals surface area contributed by atoms with E-state index in [2.05, 4.69) is 74.6 Å². The van der Waals surface area contributed by atoms with Gasteiger partial charge in [0.05, 0.1) is 26.4 Å². The number of hydrogen-bond acceptors (Lipinski definition) is 14. The quantitative estimate of drug-likeness (QED) is 0.0172. The predicted octanol–water partition coefficient (Wildman–Crippen LogP) is 9.86. The third-order valence-electron chi connectivity index (χ3n) is 13.2. The molecule has 0 bridgehead atoms. The molecule has 11 atom stereocenters. The molecule has 2 rings (SSSR count). The number of rotatable bonds is 45. The van der Waals surface area contributed by atoms with Crippen LogP contribution in [0.15, 0.2) is 72.9 Å². The Balaban J connectivity index is 1.76. The first-order chi connectivity index (χ1) is 35.6. The van der Waals surface area contributed by atoms with E-state index in [-0.39, 0.29) is 19.6 Å². The number of allylic oxidation sites excluding steroid dienone is 12. The van der Waals surface area contributed by atoms with Crippen molar-refractivity contribution in [1.29, 1.82) is 0 Å². The summed E-state index contributed by atoms with van der Waals surface area (Å²) in [7, 11) is 0. The van der Waals surface area contributed by atoms with E-state index in [0.717, 1.165) is 57.8 Å². The van der Waals surface area contributed by atoms with Crippen molar-refractivity contribution < 1.29 is 69.0 Å². The molecule has 2 fully saturated rings. The molecule has 2 aliphatic rings. The minimum Gasteiger partial charge on any atom is -0.457 e. The highest BCUT2D eigenvalue weighted by atomic mass is 16.7. The van der Waals surface area contributed by atoms with Gasteiger partial charge in [0.15, 0.2) is 12.6 Å². The van der Waals surface area contributed by atoms with Gasteiger partial charge in [0.1, 0.15) is 54.9 Å². The van der Waals surface area contributed by atoms with Crippen LogP contribution in [0.3, 0.4) is 0 Å². The number of ether oxygens (including phenoxy) is 6. The van der Waals surface area contributed by atoms with E-state index in [1.165, 1.54) is 109 Å². The van der Waals surface area contributed by atoms with Gasteiger partial charge < -0.3 is 64.2 Å². The maximum atomic E-state index is 13.0. The number of carbonyl (C=O) groups is 1. The fraction of sp³-hybridized carbons (Fsp3) is 0.780. The van der Waals surface area contributed by atoms with Gasteiger partial charge in [-0.05, 0) is 51.4 Å². The van der Waals surface area contributed by atoms with Gasteiger partial charge in [-0.15, -0.1) is 0 Å². The first-order valence-electron chi connectivity index (χ1n) is 28.5. The first-order valence-corrected chi connectivity index (χ1v) is 28.5. The average molecular weight is 1040 g/mol. The van der Waals surface area contributed by atoms with Gasteiger partial charge in [0, 0.05) is 13.0 Å². The molecule has 0 radical (unpaired) electrons. The molecule has 0 amide bonds. The molecule has 0 aliphatic carbocycles. The summed E-state index contributed by atoms with van der Waals surface area (Å²) in [4.78, 5) is 13.0. The SMILES string of the molecule is CC/C=C\C/C=C\C/C=C\C/C=C\C/C=C\C/C=C\CCC(=O)OC(COCCCCCCCCCCCCCCCCCCCCCC)COC1OC(COC2OC(CO)C(O)C(O)C2O)C(O)C(O)C1O. The second kappa shape index (κ2) is 45.6. The van der Waals surface area contributed by atoms with Crippen molar-refractivity contribution in [3.05, 3.63) is 72.9 Å². The Bertz CT molecular complexity index is 1480. The zero-order valence-corrected chi connectivity index (χ0v) is 45.1.